The molecular formula is C16H30O4. The second-order valence-corrected chi connectivity index (χ2v) is 6.37. The Morgan fingerprint density at radius 1 is 1.10 bits per heavy atom. The Morgan fingerprint density at radius 2 is 1.65 bits per heavy atom. The van der Waals surface area contributed by atoms with Crippen molar-refractivity contribution in [3.8, 4) is 0 Å². The fraction of sp³-hybridized carbons (Fsp3) is 0.875. The van der Waals surface area contributed by atoms with Gasteiger partial charge in [-0.25, -0.2) is 0 Å². The lowest BCUT2D eigenvalue weighted by Gasteiger charge is -2.32. The maximum absolute atomic E-state index is 12.4. The van der Waals surface area contributed by atoms with Crippen molar-refractivity contribution >= 4 is 11.9 Å². The average molecular weight is 286 g/mol. The van der Waals surface area contributed by atoms with Crippen molar-refractivity contribution in [2.45, 2.75) is 73.3 Å². The van der Waals surface area contributed by atoms with E-state index in [1.807, 2.05) is 27.7 Å². The van der Waals surface area contributed by atoms with Crippen LogP contribution in [0.5, 0.6) is 0 Å². The predicted molar refractivity (Wildman–Crippen MR) is 79.4 cm³/mol. The van der Waals surface area contributed by atoms with Crippen LogP contribution in [0.15, 0.2) is 0 Å². The van der Waals surface area contributed by atoms with E-state index in [4.69, 9.17) is 4.74 Å². The number of carboxylic acid groups (broad SMARTS) is 1. The first-order valence-corrected chi connectivity index (χ1v) is 7.62. The number of ether oxygens (including phenoxy) is 1. The Labute approximate surface area is 122 Å². The molecule has 2 atom stereocenters. The summed E-state index contributed by atoms with van der Waals surface area (Å²) in [5.74, 6) is -1.59. The van der Waals surface area contributed by atoms with Gasteiger partial charge in [0.1, 0.15) is 0 Å². The van der Waals surface area contributed by atoms with Gasteiger partial charge >= 0.3 is 11.9 Å². The summed E-state index contributed by atoms with van der Waals surface area (Å²) in [6, 6.07) is 0. The highest BCUT2D eigenvalue weighted by Gasteiger charge is 2.50. The molecule has 0 aromatic rings. The fourth-order valence-corrected chi connectivity index (χ4v) is 2.34. The SMILES string of the molecule is CCCC(C)OC(=O)C(CCC(C)C)(C(=O)O)C(C)C. The molecule has 0 spiro atoms. The maximum Gasteiger partial charge on any atom is 0.324 e. The van der Waals surface area contributed by atoms with E-state index in [2.05, 4.69) is 0 Å². The molecule has 0 aliphatic carbocycles. The van der Waals surface area contributed by atoms with Crippen LogP contribution in [0.4, 0.5) is 0 Å². The number of esters is 1. The molecule has 118 valence electrons. The summed E-state index contributed by atoms with van der Waals surface area (Å²) in [7, 11) is 0. The predicted octanol–water partition coefficient (Wildman–Crippen LogP) is 3.88. The first-order chi connectivity index (χ1) is 9.18. The number of rotatable bonds is 9. The van der Waals surface area contributed by atoms with E-state index < -0.39 is 17.4 Å². The lowest BCUT2D eigenvalue weighted by molar-refractivity contribution is -0.177. The monoisotopic (exact) mass is 286 g/mol. The lowest BCUT2D eigenvalue weighted by atomic mass is 9.72. The first kappa shape index (κ1) is 18.9. The number of carboxylic acids is 1. The number of aliphatic carboxylic acids is 1. The topological polar surface area (TPSA) is 63.6 Å². The van der Waals surface area contributed by atoms with Gasteiger partial charge in [-0.05, 0) is 38.0 Å². The fourth-order valence-electron chi connectivity index (χ4n) is 2.34. The van der Waals surface area contributed by atoms with Crippen molar-refractivity contribution in [1.82, 2.24) is 0 Å². The third kappa shape index (κ3) is 4.80. The third-order valence-electron chi connectivity index (χ3n) is 3.85. The van der Waals surface area contributed by atoms with Gasteiger partial charge in [-0.15, -0.1) is 0 Å². The van der Waals surface area contributed by atoms with Gasteiger partial charge in [0, 0.05) is 0 Å². The summed E-state index contributed by atoms with van der Waals surface area (Å²) in [5, 5.41) is 9.62. The van der Waals surface area contributed by atoms with E-state index >= 15 is 0 Å². The van der Waals surface area contributed by atoms with Crippen LogP contribution in [-0.2, 0) is 14.3 Å². The molecule has 0 aromatic heterocycles. The van der Waals surface area contributed by atoms with Gasteiger partial charge in [0.15, 0.2) is 5.41 Å². The van der Waals surface area contributed by atoms with Gasteiger partial charge in [0.05, 0.1) is 6.10 Å². The third-order valence-corrected chi connectivity index (χ3v) is 3.85. The normalized spacial score (nSPS) is 16.0. The molecule has 0 amide bonds. The summed E-state index contributed by atoms with van der Waals surface area (Å²) in [5.41, 5.74) is -1.42. The van der Waals surface area contributed by atoms with Crippen LogP contribution < -0.4 is 0 Å². The van der Waals surface area contributed by atoms with E-state index in [-0.39, 0.29) is 12.0 Å². The average Bonchev–Trinajstić information content (AvgIpc) is 2.28. The van der Waals surface area contributed by atoms with E-state index in [0.29, 0.717) is 18.8 Å². The van der Waals surface area contributed by atoms with E-state index in [9.17, 15) is 14.7 Å². The molecule has 0 aliphatic heterocycles. The number of hydrogen-bond donors (Lipinski definition) is 1. The molecule has 0 heterocycles. The van der Waals surface area contributed by atoms with Gasteiger partial charge in [-0.2, -0.15) is 0 Å². The Balaban J connectivity index is 5.17. The van der Waals surface area contributed by atoms with Crippen molar-refractivity contribution < 1.29 is 19.4 Å². The second-order valence-electron chi connectivity index (χ2n) is 6.37. The maximum atomic E-state index is 12.4. The van der Waals surface area contributed by atoms with Gasteiger partial charge in [0.25, 0.3) is 0 Å². The summed E-state index contributed by atoms with van der Waals surface area (Å²) in [6.45, 7) is 11.4. The largest absolute Gasteiger partial charge is 0.480 e. The van der Waals surface area contributed by atoms with Crippen molar-refractivity contribution in [2.24, 2.45) is 17.3 Å². The lowest BCUT2D eigenvalue weighted by Crippen LogP contribution is -2.46. The second kappa shape index (κ2) is 8.28. The first-order valence-electron chi connectivity index (χ1n) is 7.62. The van der Waals surface area contributed by atoms with Gasteiger partial charge in [-0.3, -0.25) is 9.59 Å². The van der Waals surface area contributed by atoms with Crippen molar-refractivity contribution in [2.75, 3.05) is 0 Å². The van der Waals surface area contributed by atoms with E-state index in [1.54, 1.807) is 13.8 Å². The van der Waals surface area contributed by atoms with Crippen LogP contribution in [-0.4, -0.2) is 23.1 Å². The van der Waals surface area contributed by atoms with Crippen LogP contribution in [0.3, 0.4) is 0 Å². The summed E-state index contributed by atoms with van der Waals surface area (Å²) in [6.07, 6.45) is 2.45. The minimum Gasteiger partial charge on any atom is -0.480 e. The molecule has 2 unspecified atom stereocenters. The molecule has 0 fully saturated rings. The van der Waals surface area contributed by atoms with Gasteiger partial charge in [0.2, 0.25) is 0 Å². The summed E-state index contributed by atoms with van der Waals surface area (Å²) < 4.78 is 5.39. The molecule has 0 aliphatic rings. The van der Waals surface area contributed by atoms with Crippen molar-refractivity contribution in [3.63, 3.8) is 0 Å². The highest BCUT2D eigenvalue weighted by Crippen LogP contribution is 2.36. The van der Waals surface area contributed by atoms with Crippen molar-refractivity contribution in [1.29, 1.82) is 0 Å². The summed E-state index contributed by atoms with van der Waals surface area (Å²) in [4.78, 5) is 24.2. The smallest absolute Gasteiger partial charge is 0.324 e. The summed E-state index contributed by atoms with van der Waals surface area (Å²) >= 11 is 0. The number of carbonyl (C=O) groups excluding carboxylic acids is 1. The van der Waals surface area contributed by atoms with Crippen LogP contribution in [0.2, 0.25) is 0 Å². The van der Waals surface area contributed by atoms with Crippen LogP contribution in [0.25, 0.3) is 0 Å². The van der Waals surface area contributed by atoms with Crippen LogP contribution >= 0.6 is 0 Å². The molecule has 0 radical (unpaired) electrons. The zero-order valence-electron chi connectivity index (χ0n) is 13.7. The molecule has 20 heavy (non-hydrogen) atoms. The quantitative estimate of drug-likeness (QED) is 0.516. The van der Waals surface area contributed by atoms with Crippen molar-refractivity contribution in [3.05, 3.63) is 0 Å². The Kier molecular flexibility index (Phi) is 7.84. The highest BCUT2D eigenvalue weighted by molar-refractivity contribution is 5.99. The van der Waals surface area contributed by atoms with E-state index in [1.165, 1.54) is 0 Å². The molecular weight excluding hydrogens is 256 g/mol. The zero-order valence-corrected chi connectivity index (χ0v) is 13.7. The molecule has 0 aromatic carbocycles. The molecule has 0 bridgehead atoms. The molecule has 1 N–H and O–H groups in total. The Bertz CT molecular complexity index is 322. The van der Waals surface area contributed by atoms with E-state index in [0.717, 1.165) is 12.8 Å². The minimum absolute atomic E-state index is 0.232. The molecule has 0 saturated carbocycles. The minimum atomic E-state index is -1.42. The Hall–Kier alpha value is -1.06. The molecule has 4 heteroatoms. The molecule has 4 nitrogen and oxygen atoms in total. The van der Waals surface area contributed by atoms with Crippen LogP contribution in [0, 0.1) is 17.3 Å². The molecule has 0 rings (SSSR count). The van der Waals surface area contributed by atoms with Gasteiger partial charge in [-0.1, -0.05) is 41.0 Å². The zero-order chi connectivity index (χ0) is 15.9. The number of hydrogen-bond acceptors (Lipinski definition) is 3. The van der Waals surface area contributed by atoms with Crippen LogP contribution in [0.1, 0.15) is 67.2 Å². The standard InChI is InChI=1S/C16H30O4/c1-7-8-13(6)20-15(19)16(12(4)5,14(17)18)10-9-11(2)3/h11-13H,7-10H2,1-6H3,(H,17,18). The number of carbonyl (C=O) groups is 2. The molecule has 0 saturated heterocycles. The van der Waals surface area contributed by atoms with Gasteiger partial charge < -0.3 is 9.84 Å². The Morgan fingerprint density at radius 3 is 2.00 bits per heavy atom. The highest BCUT2D eigenvalue weighted by atomic mass is 16.5.